The number of nitrogens with zero attached hydrogens (tertiary/aromatic N) is 3. The van der Waals surface area contributed by atoms with Crippen LogP contribution >= 0.6 is 15.9 Å². The molecule has 1 amide bonds. The predicted octanol–water partition coefficient (Wildman–Crippen LogP) is 4.12. The minimum absolute atomic E-state index is 0.0270. The third kappa shape index (κ3) is 4.13. The maximum Gasteiger partial charge on any atom is 0.290 e. The maximum absolute atomic E-state index is 13.4. The topological polar surface area (TPSA) is 86.9 Å². The number of aliphatic hydroxyl groups excluding tert-OH is 1. The highest BCUT2D eigenvalue weighted by atomic mass is 79.9. The minimum atomic E-state index is -0.704. The van der Waals surface area contributed by atoms with Crippen molar-refractivity contribution in [3.8, 4) is 0 Å². The number of pyridine rings is 1. The van der Waals surface area contributed by atoms with Crippen molar-refractivity contribution in [3.05, 3.63) is 75.9 Å². The van der Waals surface area contributed by atoms with Gasteiger partial charge in [-0.15, -0.1) is 0 Å². The fraction of sp³-hybridized carbons (Fsp3) is 0.261. The number of benzene rings is 1. The standard InChI is InChI=1S/C23H22BrN3O4/c1-26(2)10-3-11-27-20(14-6-8-25-9-7-14)19(22(29)23(27)30)21(28)18-13-15-12-16(24)4-5-17(15)31-18/h4-9,12-13,20,29H,3,10-11H2,1-2H3. The normalized spacial score (nSPS) is 16.7. The highest BCUT2D eigenvalue weighted by Gasteiger charge is 2.44. The number of Topliss-reactive ketones (excluding diaryl/α,β-unsaturated/α-hetero) is 1. The second-order valence-corrected chi connectivity index (χ2v) is 8.64. The number of fused-ring (bicyclic) bond motifs is 1. The van der Waals surface area contributed by atoms with Crippen molar-refractivity contribution in [3.63, 3.8) is 0 Å². The second kappa shape index (κ2) is 8.64. The molecule has 1 aromatic carbocycles. The Morgan fingerprint density at radius 3 is 2.68 bits per heavy atom. The number of furan rings is 1. The third-order valence-corrected chi connectivity index (χ3v) is 5.77. The number of hydrogen-bond acceptors (Lipinski definition) is 6. The molecule has 0 fully saturated rings. The lowest BCUT2D eigenvalue weighted by atomic mass is 9.95. The van der Waals surface area contributed by atoms with Gasteiger partial charge in [0.05, 0.1) is 11.6 Å². The molecule has 8 heteroatoms. The van der Waals surface area contributed by atoms with Gasteiger partial charge in [-0.25, -0.2) is 0 Å². The lowest BCUT2D eigenvalue weighted by Gasteiger charge is -2.27. The molecule has 1 unspecified atom stereocenters. The molecule has 0 aliphatic carbocycles. The predicted molar refractivity (Wildman–Crippen MR) is 120 cm³/mol. The highest BCUT2D eigenvalue weighted by Crippen LogP contribution is 2.39. The summed E-state index contributed by atoms with van der Waals surface area (Å²) in [5.74, 6) is -1.51. The van der Waals surface area contributed by atoms with Crippen molar-refractivity contribution in [2.24, 2.45) is 0 Å². The van der Waals surface area contributed by atoms with Crippen LogP contribution in [-0.4, -0.2) is 58.8 Å². The van der Waals surface area contributed by atoms with E-state index < -0.39 is 23.5 Å². The summed E-state index contributed by atoms with van der Waals surface area (Å²) < 4.78 is 6.61. The molecule has 0 spiro atoms. The molecule has 3 aromatic rings. The molecule has 1 N–H and O–H groups in total. The van der Waals surface area contributed by atoms with Crippen LogP contribution in [0.1, 0.15) is 28.6 Å². The summed E-state index contributed by atoms with van der Waals surface area (Å²) in [5.41, 5.74) is 1.29. The number of hydrogen-bond donors (Lipinski definition) is 1. The van der Waals surface area contributed by atoms with E-state index in [-0.39, 0.29) is 11.3 Å². The Hall–Kier alpha value is -2.97. The van der Waals surface area contributed by atoms with E-state index in [2.05, 4.69) is 20.9 Å². The van der Waals surface area contributed by atoms with Gasteiger partial charge in [0.25, 0.3) is 5.91 Å². The SMILES string of the molecule is CN(C)CCCN1C(=O)C(O)=C(C(=O)c2cc3cc(Br)ccc3o2)C1c1ccncc1. The summed E-state index contributed by atoms with van der Waals surface area (Å²) >= 11 is 3.41. The summed E-state index contributed by atoms with van der Waals surface area (Å²) in [6.45, 7) is 1.17. The molecule has 1 aliphatic rings. The zero-order valence-corrected chi connectivity index (χ0v) is 18.8. The molecule has 0 radical (unpaired) electrons. The molecule has 7 nitrogen and oxygen atoms in total. The number of amides is 1. The average Bonchev–Trinajstić information content (AvgIpc) is 3.27. The largest absolute Gasteiger partial charge is 0.503 e. The summed E-state index contributed by atoms with van der Waals surface area (Å²) in [6, 6.07) is 9.85. The van der Waals surface area contributed by atoms with Gasteiger partial charge in [-0.2, -0.15) is 0 Å². The van der Waals surface area contributed by atoms with Gasteiger partial charge in [0.1, 0.15) is 5.58 Å². The van der Waals surface area contributed by atoms with Crippen molar-refractivity contribution in [1.82, 2.24) is 14.8 Å². The van der Waals surface area contributed by atoms with Gasteiger partial charge in [0, 0.05) is 28.8 Å². The molecular weight excluding hydrogens is 462 g/mol. The Morgan fingerprint density at radius 1 is 1.23 bits per heavy atom. The van der Waals surface area contributed by atoms with E-state index in [1.165, 1.54) is 0 Å². The summed E-state index contributed by atoms with van der Waals surface area (Å²) in [4.78, 5) is 34.0. The number of halogens is 1. The molecule has 4 rings (SSSR count). The van der Waals surface area contributed by atoms with Crippen LogP contribution in [0.4, 0.5) is 0 Å². The quantitative estimate of drug-likeness (QED) is 0.508. The molecule has 160 valence electrons. The number of rotatable bonds is 7. The molecule has 1 aliphatic heterocycles. The van der Waals surface area contributed by atoms with E-state index >= 15 is 0 Å². The van der Waals surface area contributed by atoms with Crippen LogP contribution in [0.15, 0.2) is 69.0 Å². The number of aromatic nitrogens is 1. The Kier molecular flexibility index (Phi) is 5.93. The van der Waals surface area contributed by atoms with Crippen LogP contribution < -0.4 is 0 Å². The monoisotopic (exact) mass is 483 g/mol. The van der Waals surface area contributed by atoms with E-state index in [1.807, 2.05) is 31.1 Å². The molecule has 2 aromatic heterocycles. The first-order valence-electron chi connectivity index (χ1n) is 9.89. The maximum atomic E-state index is 13.4. The summed E-state index contributed by atoms with van der Waals surface area (Å²) in [7, 11) is 3.91. The first-order valence-corrected chi connectivity index (χ1v) is 10.7. The molecule has 0 bridgehead atoms. The Balaban J connectivity index is 1.73. The van der Waals surface area contributed by atoms with E-state index in [4.69, 9.17) is 4.42 Å². The van der Waals surface area contributed by atoms with Crippen LogP contribution in [-0.2, 0) is 4.79 Å². The van der Waals surface area contributed by atoms with Gasteiger partial charge < -0.3 is 19.3 Å². The molecule has 0 saturated carbocycles. The van der Waals surface area contributed by atoms with E-state index in [0.29, 0.717) is 24.1 Å². The van der Waals surface area contributed by atoms with E-state index in [1.54, 1.807) is 41.6 Å². The summed E-state index contributed by atoms with van der Waals surface area (Å²) in [5, 5.41) is 11.5. The van der Waals surface area contributed by atoms with Gasteiger partial charge in [-0.3, -0.25) is 14.6 Å². The number of carbonyl (C=O) groups is 2. The molecule has 1 atom stereocenters. The van der Waals surface area contributed by atoms with Crippen molar-refractivity contribution >= 4 is 38.6 Å². The van der Waals surface area contributed by atoms with E-state index in [0.717, 1.165) is 16.4 Å². The van der Waals surface area contributed by atoms with Crippen LogP contribution in [0.25, 0.3) is 11.0 Å². The summed E-state index contributed by atoms with van der Waals surface area (Å²) in [6.07, 6.45) is 3.91. The lowest BCUT2D eigenvalue weighted by molar-refractivity contribution is -0.129. The van der Waals surface area contributed by atoms with Crippen LogP contribution in [0, 0.1) is 0 Å². The fourth-order valence-electron chi connectivity index (χ4n) is 3.82. The highest BCUT2D eigenvalue weighted by molar-refractivity contribution is 9.10. The number of carbonyl (C=O) groups excluding carboxylic acids is 2. The second-order valence-electron chi connectivity index (χ2n) is 7.72. The smallest absolute Gasteiger partial charge is 0.290 e. The Labute approximate surface area is 188 Å². The zero-order chi connectivity index (χ0) is 22.1. The first-order chi connectivity index (χ1) is 14.9. The van der Waals surface area contributed by atoms with Gasteiger partial charge in [-0.1, -0.05) is 15.9 Å². The van der Waals surface area contributed by atoms with Crippen molar-refractivity contribution in [2.75, 3.05) is 27.2 Å². The van der Waals surface area contributed by atoms with Crippen LogP contribution in [0.5, 0.6) is 0 Å². The molecule has 0 saturated heterocycles. The molecule has 3 heterocycles. The third-order valence-electron chi connectivity index (χ3n) is 5.28. The van der Waals surface area contributed by atoms with Crippen molar-refractivity contribution in [1.29, 1.82) is 0 Å². The van der Waals surface area contributed by atoms with Gasteiger partial charge >= 0.3 is 0 Å². The average molecular weight is 484 g/mol. The van der Waals surface area contributed by atoms with Gasteiger partial charge in [0.15, 0.2) is 11.5 Å². The first kappa shape index (κ1) is 21.3. The fourth-order valence-corrected chi connectivity index (χ4v) is 4.20. The molecule has 31 heavy (non-hydrogen) atoms. The van der Waals surface area contributed by atoms with Crippen molar-refractivity contribution < 1.29 is 19.1 Å². The van der Waals surface area contributed by atoms with Gasteiger partial charge in [-0.05, 0) is 69.0 Å². The van der Waals surface area contributed by atoms with Crippen LogP contribution in [0.2, 0.25) is 0 Å². The lowest BCUT2D eigenvalue weighted by Crippen LogP contribution is -2.33. The van der Waals surface area contributed by atoms with Gasteiger partial charge in [0.2, 0.25) is 5.78 Å². The molecular formula is C23H22BrN3O4. The Morgan fingerprint density at radius 2 is 1.97 bits per heavy atom. The Bertz CT molecular complexity index is 1170. The number of aliphatic hydroxyl groups is 1. The zero-order valence-electron chi connectivity index (χ0n) is 17.2. The van der Waals surface area contributed by atoms with Crippen LogP contribution in [0.3, 0.4) is 0 Å². The minimum Gasteiger partial charge on any atom is -0.503 e. The van der Waals surface area contributed by atoms with E-state index in [9.17, 15) is 14.7 Å². The van der Waals surface area contributed by atoms with Crippen molar-refractivity contribution in [2.45, 2.75) is 12.5 Å². The number of ketones is 1.